The summed E-state index contributed by atoms with van der Waals surface area (Å²) >= 11 is 6.62. The number of nitrogens with one attached hydrogen (secondary N) is 3. The number of nitrogens with zero attached hydrogens (tertiary/aromatic N) is 6. The fourth-order valence-electron chi connectivity index (χ4n) is 9.00. The minimum absolute atomic E-state index is 0.0522. The van der Waals surface area contributed by atoms with Gasteiger partial charge in [0.25, 0.3) is 17.7 Å². The number of amides is 5. The number of piperidine rings is 2. The number of anilines is 2. The number of pyridine rings is 1. The van der Waals surface area contributed by atoms with Crippen LogP contribution in [0.5, 0.6) is 17.2 Å². The highest BCUT2D eigenvalue weighted by Gasteiger charge is 2.45. The third kappa shape index (κ3) is 9.50. The number of amidine groups is 1. The molecular weight excluding hydrogens is 892 g/mol. The van der Waals surface area contributed by atoms with E-state index < -0.39 is 29.7 Å². The van der Waals surface area contributed by atoms with Crippen LogP contribution in [0.15, 0.2) is 96.2 Å². The number of ether oxygens (including phenoxy) is 2. The number of aliphatic imine (C=N–C) groups is 1. The number of aromatic nitrogens is 2. The van der Waals surface area contributed by atoms with E-state index in [1.54, 1.807) is 54.7 Å². The lowest BCUT2D eigenvalue weighted by Gasteiger charge is -2.35. The van der Waals surface area contributed by atoms with Crippen molar-refractivity contribution in [3.63, 3.8) is 0 Å². The van der Waals surface area contributed by atoms with Gasteiger partial charge in [-0.3, -0.25) is 48.9 Å². The Morgan fingerprint density at radius 1 is 0.882 bits per heavy atom. The van der Waals surface area contributed by atoms with Gasteiger partial charge >= 0.3 is 0 Å². The van der Waals surface area contributed by atoms with Gasteiger partial charge in [-0.1, -0.05) is 29.8 Å². The molecule has 18 nitrogen and oxygen atoms in total. The Labute approximate surface area is 396 Å². The molecule has 5 aromatic rings. The molecule has 3 aromatic carbocycles. The van der Waals surface area contributed by atoms with Gasteiger partial charge in [-0.25, -0.2) is 4.98 Å². The van der Waals surface area contributed by atoms with E-state index in [2.05, 4.69) is 30.4 Å². The summed E-state index contributed by atoms with van der Waals surface area (Å²) in [4.78, 5) is 97.6. The predicted molar refractivity (Wildman–Crippen MR) is 253 cm³/mol. The van der Waals surface area contributed by atoms with E-state index in [0.717, 1.165) is 30.2 Å². The number of aromatic amines is 1. The van der Waals surface area contributed by atoms with E-state index in [4.69, 9.17) is 31.8 Å². The van der Waals surface area contributed by atoms with E-state index in [0.29, 0.717) is 85.5 Å². The molecule has 0 saturated carbocycles. The second kappa shape index (κ2) is 19.7. The van der Waals surface area contributed by atoms with Crippen LogP contribution in [0, 0.1) is 0 Å². The van der Waals surface area contributed by atoms with Gasteiger partial charge in [0.2, 0.25) is 11.8 Å². The molecule has 0 bridgehead atoms. The summed E-state index contributed by atoms with van der Waals surface area (Å²) in [6.07, 6.45) is 4.76. The van der Waals surface area contributed by atoms with Crippen LogP contribution in [-0.4, -0.2) is 137 Å². The summed E-state index contributed by atoms with van der Waals surface area (Å²) in [7, 11) is 1.72. The molecule has 5 N–H and O–H groups in total. The molecule has 68 heavy (non-hydrogen) atoms. The highest BCUT2D eigenvalue weighted by atomic mass is 35.5. The predicted octanol–water partition coefficient (Wildman–Crippen LogP) is 4.74. The van der Waals surface area contributed by atoms with Gasteiger partial charge in [0.15, 0.2) is 5.78 Å². The van der Waals surface area contributed by atoms with E-state index in [9.17, 15) is 28.8 Å². The number of likely N-dealkylation sites (tertiary alicyclic amines) is 1. The highest BCUT2D eigenvalue weighted by molar-refractivity contribution is 6.35. The number of rotatable bonds is 14. The van der Waals surface area contributed by atoms with Crippen molar-refractivity contribution in [1.82, 2.24) is 30.0 Å². The van der Waals surface area contributed by atoms with Crippen LogP contribution in [0.1, 0.15) is 78.2 Å². The maximum Gasteiger partial charge on any atom is 0.262 e. The number of nitrogens with two attached hydrogens (primary N) is 1. The van der Waals surface area contributed by atoms with Crippen LogP contribution in [0.2, 0.25) is 5.02 Å². The van der Waals surface area contributed by atoms with Gasteiger partial charge in [-0.15, -0.1) is 0 Å². The maximum atomic E-state index is 13.9. The Bertz CT molecular complexity index is 2810. The van der Waals surface area contributed by atoms with Crippen LogP contribution in [0.3, 0.4) is 0 Å². The van der Waals surface area contributed by atoms with Gasteiger partial charge in [-0.2, -0.15) is 0 Å². The van der Waals surface area contributed by atoms with Crippen molar-refractivity contribution in [2.75, 3.05) is 69.7 Å². The number of piperazine rings is 1. The number of fused-ring (bicyclic) bond motifs is 1. The summed E-state index contributed by atoms with van der Waals surface area (Å²) in [5, 5.41) is 5.49. The number of hydrogen-bond donors (Lipinski definition) is 4. The normalized spacial score (nSPS) is 18.9. The molecule has 2 atom stereocenters. The lowest BCUT2D eigenvalue weighted by molar-refractivity contribution is -0.136. The van der Waals surface area contributed by atoms with Crippen LogP contribution in [0.25, 0.3) is 0 Å². The van der Waals surface area contributed by atoms with Crippen LogP contribution in [0.4, 0.5) is 11.6 Å². The quantitative estimate of drug-likeness (QED) is 0.0512. The Kier molecular flexibility index (Phi) is 13.2. The summed E-state index contributed by atoms with van der Waals surface area (Å²) in [6.45, 7) is 4.82. The Morgan fingerprint density at radius 3 is 2.40 bits per heavy atom. The first-order chi connectivity index (χ1) is 32.9. The Hall–Kier alpha value is -7.57. The van der Waals surface area contributed by atoms with E-state index >= 15 is 0 Å². The lowest BCUT2D eigenvalue weighted by atomic mass is 10.0. The van der Waals surface area contributed by atoms with Crippen molar-refractivity contribution in [2.24, 2.45) is 10.7 Å². The minimum atomic E-state index is -1.03. The largest absolute Gasteiger partial charge is 0.492 e. The van der Waals surface area contributed by atoms with Crippen molar-refractivity contribution in [3.05, 3.63) is 130 Å². The first kappa shape index (κ1) is 45.6. The fourth-order valence-corrected chi connectivity index (χ4v) is 9.26. The summed E-state index contributed by atoms with van der Waals surface area (Å²) in [6, 6.07) is 21.2. The number of halogens is 1. The van der Waals surface area contributed by atoms with E-state index in [1.165, 1.54) is 12.1 Å². The second-order valence-corrected chi connectivity index (χ2v) is 17.3. The summed E-state index contributed by atoms with van der Waals surface area (Å²) in [5.41, 5.74) is 8.50. The third-order valence-electron chi connectivity index (χ3n) is 12.6. The lowest BCUT2D eigenvalue weighted by Crippen LogP contribution is -2.54. The van der Waals surface area contributed by atoms with Gasteiger partial charge in [0, 0.05) is 83.3 Å². The fraction of sp³-hybridized carbons (Fsp3) is 0.306. The zero-order valence-electron chi connectivity index (χ0n) is 37.2. The van der Waals surface area contributed by atoms with Crippen molar-refractivity contribution < 1.29 is 38.2 Å². The Balaban J connectivity index is 0.759. The Morgan fingerprint density at radius 2 is 1.66 bits per heavy atom. The molecular formula is C49H49ClN10O8. The van der Waals surface area contributed by atoms with Crippen molar-refractivity contribution >= 4 is 64.4 Å². The molecule has 4 aliphatic heterocycles. The molecule has 4 aliphatic rings. The molecule has 9 rings (SSSR count). The zero-order valence-corrected chi connectivity index (χ0v) is 38.0. The van der Waals surface area contributed by atoms with E-state index in [-0.39, 0.29) is 58.1 Å². The maximum absolute atomic E-state index is 13.9. The number of carbonyl (C=O) groups is 6. The van der Waals surface area contributed by atoms with Crippen LogP contribution in [-0.2, 0) is 9.59 Å². The second-order valence-electron chi connectivity index (χ2n) is 16.9. The minimum Gasteiger partial charge on any atom is -0.492 e. The van der Waals surface area contributed by atoms with Gasteiger partial charge in [-0.05, 0) is 73.9 Å². The first-order valence-electron chi connectivity index (χ1n) is 22.5. The number of ketones is 1. The van der Waals surface area contributed by atoms with Crippen LogP contribution >= 0.6 is 11.6 Å². The van der Waals surface area contributed by atoms with Crippen molar-refractivity contribution in [1.29, 1.82) is 0 Å². The topological polar surface area (TPSA) is 225 Å². The molecule has 5 amide bonds. The standard InChI is InChI=1S/C49H49ClN10O8/c1-52-45-42(37(27-54-45)43(62)35-13-11-33(25-38(35)50)68-31-7-3-2-4-8-31)44(51)55-30-6-5-17-59(28-30)47(64)29-9-15-40(53-26-29)58-20-18-57(19-21-58)22-23-67-32-10-12-34-36(24-32)49(66)60(48(34)65)39-14-16-41(61)56-46(39)63/h2-4,7-13,15,24-27,30,39,52,54H,5-6,14,16-23,28H2,1H3,(H2,51,55)(H,56,61,63)/t30-,39?/m1/s1. The molecule has 3 fully saturated rings. The van der Waals surface area contributed by atoms with Gasteiger partial charge in [0.1, 0.15) is 47.4 Å². The molecule has 3 saturated heterocycles. The number of imide groups is 2. The van der Waals surface area contributed by atoms with E-state index in [1.807, 2.05) is 36.4 Å². The summed E-state index contributed by atoms with van der Waals surface area (Å²) < 4.78 is 11.9. The number of H-pyrrole nitrogens is 1. The number of benzene rings is 3. The SMILES string of the molecule is CNc1[nH]cc(C(=O)c2ccc(Oc3ccccc3)cc2Cl)c1C(N)=N[C@@H]1CCCN(C(=O)c2ccc(N3CCN(CCOc4ccc5c(c4)C(=O)N(C4CCC(=O)NC4=O)C5=O)CC3)nc2)C1. The average molecular weight is 941 g/mol. The molecule has 2 aromatic heterocycles. The molecule has 0 spiro atoms. The highest BCUT2D eigenvalue weighted by Crippen LogP contribution is 2.32. The monoisotopic (exact) mass is 940 g/mol. The number of para-hydroxylation sites is 1. The van der Waals surface area contributed by atoms with Gasteiger partial charge < -0.3 is 35.3 Å². The smallest absolute Gasteiger partial charge is 0.262 e. The molecule has 1 unspecified atom stereocenters. The molecule has 19 heteroatoms. The summed E-state index contributed by atoms with van der Waals surface area (Å²) in [5.74, 6) is 0.306. The number of carbonyl (C=O) groups excluding carboxylic acids is 6. The molecule has 350 valence electrons. The molecule has 0 radical (unpaired) electrons. The van der Waals surface area contributed by atoms with Crippen molar-refractivity contribution in [3.8, 4) is 17.2 Å². The van der Waals surface area contributed by atoms with Crippen LogP contribution < -0.4 is 30.7 Å². The van der Waals surface area contributed by atoms with Gasteiger partial charge in [0.05, 0.1) is 38.9 Å². The number of hydrogen-bond acceptors (Lipinski definition) is 13. The van der Waals surface area contributed by atoms with Crippen molar-refractivity contribution in [2.45, 2.75) is 37.8 Å². The third-order valence-corrected chi connectivity index (χ3v) is 12.9. The first-order valence-corrected chi connectivity index (χ1v) is 22.8. The zero-order chi connectivity index (χ0) is 47.5. The molecule has 0 aliphatic carbocycles. The molecule has 6 heterocycles. The average Bonchev–Trinajstić information content (AvgIpc) is 3.89.